The number of nitriles is 1. The van der Waals surface area contributed by atoms with Crippen LogP contribution in [0.25, 0.3) is 0 Å². The van der Waals surface area contributed by atoms with Crippen LogP contribution in [-0.4, -0.2) is 12.4 Å². The summed E-state index contributed by atoms with van der Waals surface area (Å²) in [5, 5.41) is 8.87. The molecule has 0 aliphatic rings. The van der Waals surface area contributed by atoms with Gasteiger partial charge in [-0.3, -0.25) is 0 Å². The molecular weight excluding hydrogens is 290 g/mol. The Morgan fingerprint density at radius 1 is 1.09 bits per heavy atom. The van der Waals surface area contributed by atoms with Crippen molar-refractivity contribution in [3.63, 3.8) is 0 Å². The van der Waals surface area contributed by atoms with Crippen LogP contribution in [0.4, 0.5) is 0 Å². The third-order valence-corrected chi connectivity index (χ3v) is 4.38. The lowest BCUT2D eigenvalue weighted by Crippen LogP contribution is -1.98. The summed E-state index contributed by atoms with van der Waals surface area (Å²) in [5.41, 5.74) is 3.19. The Kier molecular flexibility index (Phi) is 6.86. The Morgan fingerprint density at radius 2 is 1.95 bits per heavy atom. The van der Waals surface area contributed by atoms with Crippen LogP contribution in [0.5, 0.6) is 5.75 Å². The highest BCUT2D eigenvalue weighted by atomic mass is 32.2. The van der Waals surface area contributed by atoms with Crippen molar-refractivity contribution in [2.75, 3.05) is 12.4 Å². The Hall–Kier alpha value is -1.92. The number of rotatable bonds is 8. The summed E-state index contributed by atoms with van der Waals surface area (Å²) in [6.45, 7) is 2.85. The van der Waals surface area contributed by atoms with Crippen LogP contribution in [0.15, 0.2) is 48.5 Å². The second kappa shape index (κ2) is 9.17. The molecule has 0 unspecified atom stereocenters. The maximum Gasteiger partial charge on any atom is 0.119 e. The second-order valence-electron chi connectivity index (χ2n) is 5.24. The lowest BCUT2D eigenvalue weighted by atomic mass is 10.2. The third-order valence-electron chi connectivity index (χ3n) is 3.27. The molecule has 3 heteroatoms. The van der Waals surface area contributed by atoms with Crippen LogP contribution in [0.2, 0.25) is 0 Å². The molecule has 2 aromatic carbocycles. The van der Waals surface area contributed by atoms with Crippen LogP contribution < -0.4 is 4.74 Å². The molecule has 22 heavy (non-hydrogen) atoms. The lowest BCUT2D eigenvalue weighted by Gasteiger charge is -2.07. The first kappa shape index (κ1) is 16.5. The smallest absolute Gasteiger partial charge is 0.119 e. The Labute approximate surface area is 137 Å². The summed E-state index contributed by atoms with van der Waals surface area (Å²) in [5.74, 6) is 3.04. The standard InChI is InChI=1S/C19H21NOS/c1-16-6-4-9-19(12-16)21-10-2-3-11-22-15-18-8-5-7-17(13-18)14-20/h4-9,12-13H,2-3,10-11,15H2,1H3. The molecule has 0 heterocycles. The normalized spacial score (nSPS) is 10.2. The molecule has 2 nitrogen and oxygen atoms in total. The predicted molar refractivity (Wildman–Crippen MR) is 93.2 cm³/mol. The minimum absolute atomic E-state index is 0.740. The van der Waals surface area contributed by atoms with Gasteiger partial charge in [-0.15, -0.1) is 0 Å². The summed E-state index contributed by atoms with van der Waals surface area (Å²) in [6, 6.07) is 18.2. The zero-order valence-corrected chi connectivity index (χ0v) is 13.7. The molecule has 0 atom stereocenters. The van der Waals surface area contributed by atoms with E-state index in [0.717, 1.165) is 42.3 Å². The number of hydrogen-bond donors (Lipinski definition) is 0. The van der Waals surface area contributed by atoms with E-state index >= 15 is 0 Å². The van der Waals surface area contributed by atoms with Crippen molar-refractivity contribution in [2.45, 2.75) is 25.5 Å². The molecule has 0 amide bonds. The van der Waals surface area contributed by atoms with Gasteiger partial charge in [-0.25, -0.2) is 0 Å². The molecule has 114 valence electrons. The van der Waals surface area contributed by atoms with E-state index in [2.05, 4.69) is 31.2 Å². The van der Waals surface area contributed by atoms with E-state index in [0.29, 0.717) is 0 Å². The van der Waals surface area contributed by atoms with E-state index in [-0.39, 0.29) is 0 Å². The van der Waals surface area contributed by atoms with Gasteiger partial charge in [0.1, 0.15) is 5.75 Å². The van der Waals surface area contributed by atoms with Gasteiger partial charge in [0.15, 0.2) is 0 Å². The highest BCUT2D eigenvalue weighted by Crippen LogP contribution is 2.16. The Bertz CT molecular complexity index is 633. The minimum Gasteiger partial charge on any atom is -0.494 e. The molecule has 0 saturated heterocycles. The van der Waals surface area contributed by atoms with Gasteiger partial charge in [0.2, 0.25) is 0 Å². The summed E-state index contributed by atoms with van der Waals surface area (Å²) < 4.78 is 5.74. The average Bonchev–Trinajstić information content (AvgIpc) is 2.54. The number of thioether (sulfide) groups is 1. The first-order valence-electron chi connectivity index (χ1n) is 7.54. The largest absolute Gasteiger partial charge is 0.494 e. The van der Waals surface area contributed by atoms with Crippen LogP contribution in [0.1, 0.15) is 29.5 Å². The highest BCUT2D eigenvalue weighted by molar-refractivity contribution is 7.98. The first-order valence-corrected chi connectivity index (χ1v) is 8.69. The highest BCUT2D eigenvalue weighted by Gasteiger charge is 1.97. The number of unbranched alkanes of at least 4 members (excludes halogenated alkanes) is 1. The molecule has 2 rings (SSSR count). The number of benzene rings is 2. The molecular formula is C19H21NOS. The summed E-state index contributed by atoms with van der Waals surface area (Å²) in [6.07, 6.45) is 2.22. The molecule has 2 aromatic rings. The molecule has 0 aliphatic heterocycles. The number of nitrogens with zero attached hydrogens (tertiary/aromatic N) is 1. The van der Waals surface area contributed by atoms with Crippen molar-refractivity contribution >= 4 is 11.8 Å². The molecule has 0 saturated carbocycles. The Morgan fingerprint density at radius 3 is 2.77 bits per heavy atom. The van der Waals surface area contributed by atoms with Crippen molar-refractivity contribution in [3.8, 4) is 11.8 Å². The van der Waals surface area contributed by atoms with E-state index in [1.54, 1.807) is 0 Å². The van der Waals surface area contributed by atoms with Gasteiger partial charge in [0.25, 0.3) is 0 Å². The van der Waals surface area contributed by atoms with Crippen molar-refractivity contribution in [1.29, 1.82) is 5.26 Å². The molecule has 0 bridgehead atoms. The zero-order chi connectivity index (χ0) is 15.6. The monoisotopic (exact) mass is 311 g/mol. The predicted octanol–water partition coefficient (Wildman–Crippen LogP) is 4.96. The maximum absolute atomic E-state index is 8.87. The van der Waals surface area contributed by atoms with E-state index in [4.69, 9.17) is 10.00 Å². The van der Waals surface area contributed by atoms with Crippen LogP contribution in [-0.2, 0) is 5.75 Å². The molecule has 0 aliphatic carbocycles. The van der Waals surface area contributed by atoms with Crippen molar-refractivity contribution < 1.29 is 4.74 Å². The second-order valence-corrected chi connectivity index (χ2v) is 6.34. The van der Waals surface area contributed by atoms with Crippen LogP contribution in [0, 0.1) is 18.3 Å². The fraction of sp³-hybridized carbons (Fsp3) is 0.316. The zero-order valence-electron chi connectivity index (χ0n) is 12.9. The van der Waals surface area contributed by atoms with E-state index < -0.39 is 0 Å². The van der Waals surface area contributed by atoms with E-state index in [1.165, 1.54) is 11.1 Å². The maximum atomic E-state index is 8.87. The fourth-order valence-electron chi connectivity index (χ4n) is 2.12. The van der Waals surface area contributed by atoms with Gasteiger partial charge in [0, 0.05) is 5.75 Å². The molecule has 0 radical (unpaired) electrons. The first-order chi connectivity index (χ1) is 10.8. The topological polar surface area (TPSA) is 33.0 Å². The van der Waals surface area contributed by atoms with Gasteiger partial charge >= 0.3 is 0 Å². The summed E-state index contributed by atoms with van der Waals surface area (Å²) in [4.78, 5) is 0. The molecule has 0 aromatic heterocycles. The summed E-state index contributed by atoms with van der Waals surface area (Å²) >= 11 is 1.91. The Balaban J connectivity index is 1.57. The SMILES string of the molecule is Cc1cccc(OCCCCSCc2cccc(C#N)c2)c1. The van der Waals surface area contributed by atoms with Gasteiger partial charge in [-0.05, 0) is 60.9 Å². The third kappa shape index (κ3) is 5.83. The van der Waals surface area contributed by atoms with Crippen molar-refractivity contribution in [1.82, 2.24) is 0 Å². The molecule has 0 N–H and O–H groups in total. The lowest BCUT2D eigenvalue weighted by molar-refractivity contribution is 0.309. The van der Waals surface area contributed by atoms with E-state index in [9.17, 15) is 0 Å². The number of ether oxygens (including phenoxy) is 1. The van der Waals surface area contributed by atoms with Crippen LogP contribution >= 0.6 is 11.8 Å². The van der Waals surface area contributed by atoms with Gasteiger partial charge in [-0.1, -0.05) is 24.3 Å². The molecule has 0 spiro atoms. The number of hydrogen-bond acceptors (Lipinski definition) is 3. The van der Waals surface area contributed by atoms with Crippen LogP contribution in [0.3, 0.4) is 0 Å². The summed E-state index contributed by atoms with van der Waals surface area (Å²) in [7, 11) is 0. The van der Waals surface area contributed by atoms with Crippen molar-refractivity contribution in [3.05, 3.63) is 65.2 Å². The minimum atomic E-state index is 0.740. The quantitative estimate of drug-likeness (QED) is 0.646. The van der Waals surface area contributed by atoms with Crippen molar-refractivity contribution in [2.24, 2.45) is 0 Å². The van der Waals surface area contributed by atoms with E-state index in [1.807, 2.05) is 42.1 Å². The van der Waals surface area contributed by atoms with Gasteiger partial charge in [-0.2, -0.15) is 17.0 Å². The number of aryl methyl sites for hydroxylation is 1. The van der Waals surface area contributed by atoms with Gasteiger partial charge < -0.3 is 4.74 Å². The fourth-order valence-corrected chi connectivity index (χ4v) is 3.09. The molecule has 0 fully saturated rings. The van der Waals surface area contributed by atoms with Gasteiger partial charge in [0.05, 0.1) is 18.2 Å². The average molecular weight is 311 g/mol.